The largest absolute Gasteiger partial charge is 0.347 e. The fraction of sp³-hybridized carbons (Fsp3) is 0.455. The zero-order valence-corrected chi connectivity index (χ0v) is 16.7. The van der Waals surface area contributed by atoms with Gasteiger partial charge in [0.05, 0.1) is 11.5 Å². The van der Waals surface area contributed by atoms with E-state index in [2.05, 4.69) is 29.6 Å². The van der Waals surface area contributed by atoms with E-state index in [9.17, 15) is 9.59 Å². The van der Waals surface area contributed by atoms with E-state index >= 15 is 0 Å². The monoisotopic (exact) mass is 367 g/mol. The van der Waals surface area contributed by atoms with E-state index in [1.54, 1.807) is 4.90 Å². The lowest BCUT2D eigenvalue weighted by atomic mass is 9.89. The Morgan fingerprint density at radius 2 is 1.89 bits per heavy atom. The molecule has 1 aliphatic rings. The van der Waals surface area contributed by atoms with Gasteiger partial charge in [-0.25, -0.2) is 0 Å². The molecule has 2 amide bonds. The second-order valence-electron chi connectivity index (χ2n) is 8.19. The summed E-state index contributed by atoms with van der Waals surface area (Å²) in [6, 6.07) is 14.4. The van der Waals surface area contributed by atoms with E-state index in [1.165, 1.54) is 0 Å². The first-order valence-electron chi connectivity index (χ1n) is 9.51. The molecule has 0 spiro atoms. The standard InChI is InChI=1S/C22H29N3O2/c1-22(2,19-11-7-9-16-8-5-6-10-18(16)19)23-21(27)17-14-20(26)25(15-17)13-12-24(3)4/h5-11,17H,12-15H2,1-4H3,(H,23,27)/t17-/m1/s1. The first-order chi connectivity index (χ1) is 12.8. The maximum atomic E-state index is 12.9. The Balaban J connectivity index is 1.72. The van der Waals surface area contributed by atoms with E-state index in [0.29, 0.717) is 19.5 Å². The number of likely N-dealkylation sites (N-methyl/N-ethyl adjacent to an activating group) is 1. The average Bonchev–Trinajstić information content (AvgIpc) is 3.00. The summed E-state index contributed by atoms with van der Waals surface area (Å²) in [6.07, 6.45) is 0.297. The van der Waals surface area contributed by atoms with Crippen molar-refractivity contribution in [2.45, 2.75) is 25.8 Å². The minimum absolute atomic E-state index is 0.0476. The van der Waals surface area contributed by atoms with Gasteiger partial charge in [0.1, 0.15) is 0 Å². The van der Waals surface area contributed by atoms with E-state index in [0.717, 1.165) is 22.9 Å². The smallest absolute Gasteiger partial charge is 0.226 e. The highest BCUT2D eigenvalue weighted by atomic mass is 16.2. The van der Waals surface area contributed by atoms with E-state index in [4.69, 9.17) is 0 Å². The first-order valence-corrected chi connectivity index (χ1v) is 9.51. The van der Waals surface area contributed by atoms with Crippen LogP contribution in [0, 0.1) is 5.92 Å². The maximum Gasteiger partial charge on any atom is 0.226 e. The number of benzene rings is 2. The van der Waals surface area contributed by atoms with Gasteiger partial charge in [-0.1, -0.05) is 42.5 Å². The molecule has 5 heteroatoms. The number of hydrogen-bond donors (Lipinski definition) is 1. The molecule has 0 aliphatic carbocycles. The van der Waals surface area contributed by atoms with Crippen molar-refractivity contribution >= 4 is 22.6 Å². The highest BCUT2D eigenvalue weighted by Crippen LogP contribution is 2.29. The molecule has 1 saturated heterocycles. The van der Waals surface area contributed by atoms with Gasteiger partial charge in [0.25, 0.3) is 0 Å². The summed E-state index contributed by atoms with van der Waals surface area (Å²) in [5.74, 6) is -0.262. The molecule has 0 saturated carbocycles. The fourth-order valence-corrected chi connectivity index (χ4v) is 3.73. The molecule has 3 rings (SSSR count). The van der Waals surface area contributed by atoms with E-state index < -0.39 is 5.54 Å². The van der Waals surface area contributed by atoms with Gasteiger partial charge in [-0.3, -0.25) is 9.59 Å². The predicted molar refractivity (Wildman–Crippen MR) is 108 cm³/mol. The highest BCUT2D eigenvalue weighted by Gasteiger charge is 2.36. The van der Waals surface area contributed by atoms with Crippen LogP contribution in [0.5, 0.6) is 0 Å². The molecule has 0 unspecified atom stereocenters. The average molecular weight is 367 g/mol. The Morgan fingerprint density at radius 1 is 1.19 bits per heavy atom. The molecule has 27 heavy (non-hydrogen) atoms. The molecular formula is C22H29N3O2. The lowest BCUT2D eigenvalue weighted by molar-refractivity contribution is -0.129. The van der Waals surface area contributed by atoms with Crippen LogP contribution in [0.2, 0.25) is 0 Å². The molecule has 2 aromatic carbocycles. The molecule has 1 fully saturated rings. The Kier molecular flexibility index (Phi) is 5.51. The molecule has 0 aromatic heterocycles. The molecule has 1 heterocycles. The summed E-state index contributed by atoms with van der Waals surface area (Å²) < 4.78 is 0. The molecule has 1 aliphatic heterocycles. The number of carbonyl (C=O) groups is 2. The maximum absolute atomic E-state index is 12.9. The quantitative estimate of drug-likeness (QED) is 0.854. The summed E-state index contributed by atoms with van der Waals surface area (Å²) >= 11 is 0. The Bertz CT molecular complexity index is 839. The number of rotatable bonds is 6. The van der Waals surface area contributed by atoms with Gasteiger partial charge in [-0.2, -0.15) is 0 Å². The zero-order chi connectivity index (χ0) is 19.6. The van der Waals surface area contributed by atoms with Crippen molar-refractivity contribution in [2.24, 2.45) is 5.92 Å². The van der Waals surface area contributed by atoms with Gasteiger partial charge in [-0.05, 0) is 44.3 Å². The predicted octanol–water partition coefficient (Wildman–Crippen LogP) is 2.60. The third-order valence-corrected chi connectivity index (χ3v) is 5.30. The van der Waals surface area contributed by atoms with Crippen LogP contribution in [0.1, 0.15) is 25.8 Å². The number of carbonyl (C=O) groups excluding carboxylic acids is 2. The highest BCUT2D eigenvalue weighted by molar-refractivity contribution is 5.91. The third kappa shape index (κ3) is 4.30. The summed E-state index contributed by atoms with van der Waals surface area (Å²) in [5, 5.41) is 5.48. The minimum Gasteiger partial charge on any atom is -0.347 e. The van der Waals surface area contributed by atoms with Gasteiger partial charge >= 0.3 is 0 Å². The summed E-state index contributed by atoms with van der Waals surface area (Å²) in [4.78, 5) is 29.0. The van der Waals surface area contributed by atoms with Crippen molar-refractivity contribution < 1.29 is 9.59 Å². The molecule has 1 atom stereocenters. The lowest BCUT2D eigenvalue weighted by Crippen LogP contribution is -2.45. The van der Waals surface area contributed by atoms with Crippen molar-refractivity contribution in [1.29, 1.82) is 0 Å². The van der Waals surface area contributed by atoms with Crippen LogP contribution in [0.15, 0.2) is 42.5 Å². The Morgan fingerprint density at radius 3 is 2.63 bits per heavy atom. The second-order valence-corrected chi connectivity index (χ2v) is 8.19. The molecular weight excluding hydrogens is 338 g/mol. The number of fused-ring (bicyclic) bond motifs is 1. The van der Waals surface area contributed by atoms with Crippen molar-refractivity contribution in [1.82, 2.24) is 15.1 Å². The van der Waals surface area contributed by atoms with Crippen LogP contribution < -0.4 is 5.32 Å². The molecule has 5 nitrogen and oxygen atoms in total. The SMILES string of the molecule is CN(C)CCN1C[C@H](C(=O)NC(C)(C)c2cccc3ccccc23)CC1=O. The number of hydrogen-bond acceptors (Lipinski definition) is 3. The molecule has 1 N–H and O–H groups in total. The summed E-state index contributed by atoms with van der Waals surface area (Å²) in [7, 11) is 3.97. The topological polar surface area (TPSA) is 52.6 Å². The van der Waals surface area contributed by atoms with Crippen LogP contribution in [-0.4, -0.2) is 55.3 Å². The van der Waals surface area contributed by atoms with Crippen molar-refractivity contribution in [3.63, 3.8) is 0 Å². The van der Waals surface area contributed by atoms with E-state index in [-0.39, 0.29) is 17.7 Å². The van der Waals surface area contributed by atoms with Crippen LogP contribution in [0.4, 0.5) is 0 Å². The molecule has 2 aromatic rings. The van der Waals surface area contributed by atoms with Crippen LogP contribution in [0.25, 0.3) is 10.8 Å². The normalized spacial score (nSPS) is 17.7. The van der Waals surface area contributed by atoms with Gasteiger partial charge in [0.2, 0.25) is 11.8 Å². The summed E-state index contributed by atoms with van der Waals surface area (Å²) in [5.41, 5.74) is 0.570. The number of likely N-dealkylation sites (tertiary alicyclic amines) is 1. The molecule has 144 valence electrons. The van der Waals surface area contributed by atoms with Crippen LogP contribution >= 0.6 is 0 Å². The zero-order valence-electron chi connectivity index (χ0n) is 16.7. The number of nitrogens with zero attached hydrogens (tertiary/aromatic N) is 2. The second kappa shape index (κ2) is 7.69. The Hall–Kier alpha value is -2.40. The molecule has 0 bridgehead atoms. The number of amides is 2. The van der Waals surface area contributed by atoms with Gasteiger partial charge in [0, 0.05) is 26.1 Å². The third-order valence-electron chi connectivity index (χ3n) is 5.30. The van der Waals surface area contributed by atoms with E-state index in [1.807, 2.05) is 51.0 Å². The van der Waals surface area contributed by atoms with Gasteiger partial charge in [-0.15, -0.1) is 0 Å². The van der Waals surface area contributed by atoms with Gasteiger partial charge < -0.3 is 15.1 Å². The van der Waals surface area contributed by atoms with Crippen molar-refractivity contribution in [2.75, 3.05) is 33.7 Å². The minimum atomic E-state index is -0.516. The Labute approximate surface area is 161 Å². The van der Waals surface area contributed by atoms with Crippen molar-refractivity contribution in [3.8, 4) is 0 Å². The van der Waals surface area contributed by atoms with Crippen LogP contribution in [-0.2, 0) is 15.1 Å². The van der Waals surface area contributed by atoms with Crippen molar-refractivity contribution in [3.05, 3.63) is 48.0 Å². The first kappa shape index (κ1) is 19.4. The van der Waals surface area contributed by atoms with Gasteiger partial charge in [0.15, 0.2) is 0 Å². The molecule has 0 radical (unpaired) electrons. The van der Waals surface area contributed by atoms with Crippen LogP contribution in [0.3, 0.4) is 0 Å². The summed E-state index contributed by atoms with van der Waals surface area (Å²) in [6.45, 7) is 6.02. The lowest BCUT2D eigenvalue weighted by Gasteiger charge is -2.29. The fourth-order valence-electron chi connectivity index (χ4n) is 3.73. The number of nitrogens with one attached hydrogen (secondary N) is 1.